The van der Waals surface area contributed by atoms with Gasteiger partial charge in [-0.05, 0) is 84.9 Å². The first-order valence-electron chi connectivity index (χ1n) is 18.1. The predicted molar refractivity (Wildman–Crippen MR) is 198 cm³/mol. The molecule has 1 aromatic heterocycles. The molecule has 0 saturated carbocycles. The van der Waals surface area contributed by atoms with Gasteiger partial charge in [0.2, 0.25) is 5.91 Å². The van der Waals surface area contributed by atoms with Gasteiger partial charge in [0, 0.05) is 56.7 Å². The van der Waals surface area contributed by atoms with Crippen LogP contribution >= 0.6 is 0 Å². The van der Waals surface area contributed by atoms with Crippen molar-refractivity contribution < 1.29 is 38.1 Å². The average Bonchev–Trinajstić information content (AvgIpc) is 3.66. The second-order valence-electron chi connectivity index (χ2n) is 13.8. The average molecular weight is 732 g/mol. The summed E-state index contributed by atoms with van der Waals surface area (Å²) in [6.45, 7) is 8.19. The minimum Gasteiger partial charge on any atom is -0.497 e. The van der Waals surface area contributed by atoms with Crippen molar-refractivity contribution in [3.8, 4) is 5.75 Å². The summed E-state index contributed by atoms with van der Waals surface area (Å²) in [5.41, 5.74) is 2.84. The number of aliphatic hydroxyl groups excluding tert-OH is 1. The van der Waals surface area contributed by atoms with Gasteiger partial charge >= 0.3 is 12.1 Å². The highest BCUT2D eigenvalue weighted by molar-refractivity contribution is 5.76. The number of halogens is 1. The van der Waals surface area contributed by atoms with Crippen molar-refractivity contribution in [2.75, 3.05) is 38.2 Å². The molecule has 2 aliphatic heterocycles. The molecule has 0 spiro atoms. The second-order valence-corrected chi connectivity index (χ2v) is 13.8. The Balaban J connectivity index is 1.27. The molecule has 5 rings (SSSR count). The SMILES string of the molecule is COc1ccc(CNC(=O)O[C@H]2/C=C/[C@@H](C)[C@H](/C(C)=C/c3cc(F)cc(N4CCN(C(=O)Cn5cccn5)CC4)c3)OC(=O)C[C@@H](O)CC[C@@H]2C)cc1. The van der Waals surface area contributed by atoms with Crippen molar-refractivity contribution >= 4 is 29.7 Å². The Morgan fingerprint density at radius 1 is 1.08 bits per heavy atom. The van der Waals surface area contributed by atoms with Gasteiger partial charge in [0.1, 0.15) is 30.3 Å². The fourth-order valence-corrected chi connectivity index (χ4v) is 6.59. The number of esters is 1. The van der Waals surface area contributed by atoms with Crippen molar-refractivity contribution in [2.45, 2.75) is 71.4 Å². The number of hydrogen-bond acceptors (Lipinski definition) is 9. The van der Waals surface area contributed by atoms with Gasteiger partial charge in [-0.15, -0.1) is 0 Å². The van der Waals surface area contributed by atoms with Crippen molar-refractivity contribution in [3.05, 3.63) is 95.6 Å². The fourth-order valence-electron chi connectivity index (χ4n) is 6.59. The number of ether oxygens (including phenoxy) is 3. The number of anilines is 1. The van der Waals surface area contributed by atoms with Crippen LogP contribution in [0.25, 0.3) is 6.08 Å². The van der Waals surface area contributed by atoms with Crippen molar-refractivity contribution in [2.24, 2.45) is 11.8 Å². The lowest BCUT2D eigenvalue weighted by molar-refractivity contribution is -0.151. The molecule has 284 valence electrons. The van der Waals surface area contributed by atoms with Crippen LogP contribution in [0.15, 0.2) is 78.6 Å². The van der Waals surface area contributed by atoms with Gasteiger partial charge in [-0.25, -0.2) is 9.18 Å². The van der Waals surface area contributed by atoms with Gasteiger partial charge < -0.3 is 34.4 Å². The molecule has 0 unspecified atom stereocenters. The number of amides is 2. The summed E-state index contributed by atoms with van der Waals surface area (Å²) in [5.74, 6) is -0.745. The highest BCUT2D eigenvalue weighted by atomic mass is 19.1. The van der Waals surface area contributed by atoms with Gasteiger partial charge in [0.25, 0.3) is 0 Å². The number of cyclic esters (lactones) is 1. The molecule has 2 aliphatic rings. The first-order chi connectivity index (χ1) is 25.5. The largest absolute Gasteiger partial charge is 0.497 e. The molecule has 13 heteroatoms. The molecule has 2 aromatic carbocycles. The Labute approximate surface area is 310 Å². The number of aliphatic hydroxyl groups is 1. The zero-order valence-electron chi connectivity index (χ0n) is 30.8. The summed E-state index contributed by atoms with van der Waals surface area (Å²) in [5, 5.41) is 17.6. The van der Waals surface area contributed by atoms with Crippen LogP contribution in [0.2, 0.25) is 0 Å². The molecule has 0 bridgehead atoms. The fraction of sp³-hybridized carbons (Fsp3) is 0.450. The van der Waals surface area contributed by atoms with E-state index in [0.717, 1.165) is 11.3 Å². The minimum absolute atomic E-state index is 0.0190. The van der Waals surface area contributed by atoms with Crippen molar-refractivity contribution in [1.29, 1.82) is 0 Å². The molecule has 2 amide bonds. The van der Waals surface area contributed by atoms with Gasteiger partial charge in [0.15, 0.2) is 0 Å². The predicted octanol–water partition coefficient (Wildman–Crippen LogP) is 5.36. The van der Waals surface area contributed by atoms with E-state index in [1.165, 1.54) is 12.1 Å². The standard InChI is InChI=1S/C40H50FN5O7/c1-27-6-10-34(47)24-38(49)53-39(28(2)7-13-36(27)52-40(50)42-25-30-8-11-35(51-4)12-9-30)29(3)20-31-21-32(41)23-33(22-31)44-16-18-45(19-17-44)37(48)26-46-15-5-14-43-46/h5,7-9,11-15,20-23,27-28,34,36,39,47H,6,10,16-19,24-26H2,1-4H3,(H,42,50)/b13-7+,29-20+/t27-,28+,34-,36-,39+/m0/s1. The minimum atomic E-state index is -0.926. The van der Waals surface area contributed by atoms with E-state index in [9.17, 15) is 19.5 Å². The van der Waals surface area contributed by atoms with Crippen LogP contribution in [0.1, 0.15) is 51.2 Å². The van der Waals surface area contributed by atoms with Gasteiger partial charge in [-0.1, -0.05) is 38.1 Å². The lowest BCUT2D eigenvalue weighted by Gasteiger charge is -2.36. The number of hydrogen-bond donors (Lipinski definition) is 2. The third-order valence-electron chi connectivity index (χ3n) is 9.70. The molecular weight excluding hydrogens is 681 g/mol. The van der Waals surface area contributed by atoms with Gasteiger partial charge in [-0.3, -0.25) is 14.3 Å². The third kappa shape index (κ3) is 11.4. The van der Waals surface area contributed by atoms with Gasteiger partial charge in [0.05, 0.1) is 19.6 Å². The van der Waals surface area contributed by atoms with Crippen molar-refractivity contribution in [3.63, 3.8) is 0 Å². The van der Waals surface area contributed by atoms with E-state index >= 15 is 4.39 Å². The zero-order chi connectivity index (χ0) is 37.9. The smallest absolute Gasteiger partial charge is 0.408 e. The number of carbonyl (C=O) groups is 3. The maximum absolute atomic E-state index is 15.0. The summed E-state index contributed by atoms with van der Waals surface area (Å²) >= 11 is 0. The molecule has 2 N–H and O–H groups in total. The number of rotatable bonds is 9. The molecule has 3 heterocycles. The van der Waals surface area contributed by atoms with Crippen LogP contribution in [0.5, 0.6) is 5.75 Å². The van der Waals surface area contributed by atoms with Gasteiger partial charge in [-0.2, -0.15) is 5.10 Å². The summed E-state index contributed by atoms with van der Waals surface area (Å²) in [6, 6.07) is 13.9. The van der Waals surface area contributed by atoms with Crippen molar-refractivity contribution in [1.82, 2.24) is 20.0 Å². The normalized spacial score (nSPS) is 23.6. The number of carbonyl (C=O) groups excluding carboxylic acids is 3. The third-order valence-corrected chi connectivity index (χ3v) is 9.70. The molecule has 3 aromatic rings. The Kier molecular flexibility index (Phi) is 13.7. The highest BCUT2D eigenvalue weighted by Crippen LogP contribution is 2.27. The lowest BCUT2D eigenvalue weighted by Crippen LogP contribution is -2.49. The monoisotopic (exact) mass is 731 g/mol. The number of alkyl carbamates (subject to hydrolysis) is 1. The summed E-state index contributed by atoms with van der Waals surface area (Å²) in [6.07, 6.45) is 6.68. The van der Waals surface area contributed by atoms with Crippen LogP contribution < -0.4 is 15.0 Å². The van der Waals surface area contributed by atoms with Crippen LogP contribution in [-0.4, -0.2) is 89.4 Å². The molecule has 5 atom stereocenters. The number of nitrogens with one attached hydrogen (secondary N) is 1. The van der Waals surface area contributed by atoms with Crippen LogP contribution in [-0.2, 0) is 32.2 Å². The van der Waals surface area contributed by atoms with Crippen LogP contribution in [0.3, 0.4) is 0 Å². The zero-order valence-corrected chi connectivity index (χ0v) is 30.8. The van der Waals surface area contributed by atoms with Crippen LogP contribution in [0.4, 0.5) is 14.9 Å². The molecule has 1 fully saturated rings. The molecule has 1 saturated heterocycles. The molecule has 0 aliphatic carbocycles. The molecule has 53 heavy (non-hydrogen) atoms. The van der Waals surface area contributed by atoms with Crippen LogP contribution in [0, 0.1) is 17.7 Å². The van der Waals surface area contributed by atoms with E-state index in [1.54, 1.807) is 41.2 Å². The summed E-state index contributed by atoms with van der Waals surface area (Å²) < 4.78 is 33.6. The van der Waals surface area contributed by atoms with E-state index in [-0.39, 0.29) is 37.3 Å². The maximum atomic E-state index is 15.0. The maximum Gasteiger partial charge on any atom is 0.408 e. The summed E-state index contributed by atoms with van der Waals surface area (Å²) in [4.78, 5) is 42.5. The van der Waals surface area contributed by atoms with E-state index in [4.69, 9.17) is 14.2 Å². The Hall–Kier alpha value is -5.17. The topological polar surface area (TPSA) is 135 Å². The Morgan fingerprint density at radius 2 is 1.83 bits per heavy atom. The number of nitrogens with zero attached hydrogens (tertiary/aromatic N) is 4. The first-order valence-corrected chi connectivity index (χ1v) is 18.1. The number of methoxy groups -OCH3 is 1. The number of aromatic nitrogens is 2. The second kappa shape index (κ2) is 18.5. The van der Waals surface area contributed by atoms with E-state index in [2.05, 4.69) is 10.4 Å². The molecule has 12 nitrogen and oxygen atoms in total. The Morgan fingerprint density at radius 3 is 2.53 bits per heavy atom. The molecular formula is C40H50FN5O7. The number of piperazine rings is 1. The quantitative estimate of drug-likeness (QED) is 0.220. The summed E-state index contributed by atoms with van der Waals surface area (Å²) in [7, 11) is 1.59. The van der Waals surface area contributed by atoms with E-state index in [0.29, 0.717) is 55.8 Å². The van der Waals surface area contributed by atoms with E-state index < -0.39 is 36.2 Å². The highest BCUT2D eigenvalue weighted by Gasteiger charge is 2.28. The number of benzene rings is 2. The Bertz CT molecular complexity index is 1740. The van der Waals surface area contributed by atoms with E-state index in [1.807, 2.05) is 68.2 Å². The lowest BCUT2D eigenvalue weighted by atomic mass is 9.91. The first kappa shape index (κ1) is 39.0. The molecule has 0 radical (unpaired) electrons.